The summed E-state index contributed by atoms with van der Waals surface area (Å²) >= 11 is 0. The molecule has 0 aromatic heterocycles. The highest BCUT2D eigenvalue weighted by Gasteiger charge is 2.10. The van der Waals surface area contributed by atoms with Crippen LogP contribution in [0.15, 0.2) is 72.8 Å². The Morgan fingerprint density at radius 3 is 2.36 bits per heavy atom. The number of carbonyl (C=O) groups is 1. The quantitative estimate of drug-likeness (QED) is 0.741. The second-order valence-electron chi connectivity index (χ2n) is 5.47. The predicted molar refractivity (Wildman–Crippen MR) is 99.4 cm³/mol. The third-order valence-electron chi connectivity index (χ3n) is 3.87. The molecule has 0 aliphatic heterocycles. The lowest BCUT2D eigenvalue weighted by atomic mass is 10.0. The standard InChI is InChI=1S/C21H19NO3/c1-24-18-11-12-20(25-2)19(14-18)16-9-6-10-17(13-16)22-21(23)15-7-4-3-5-8-15/h3-14H,1-2H3,(H,22,23). The third kappa shape index (κ3) is 3.80. The van der Waals surface area contributed by atoms with Crippen LogP contribution in [0.1, 0.15) is 10.4 Å². The monoisotopic (exact) mass is 333 g/mol. The number of nitrogens with one attached hydrogen (secondary N) is 1. The molecule has 0 bridgehead atoms. The first-order valence-corrected chi connectivity index (χ1v) is 7.90. The number of methoxy groups -OCH3 is 2. The van der Waals surface area contributed by atoms with E-state index in [0.29, 0.717) is 5.56 Å². The van der Waals surface area contributed by atoms with Crippen molar-refractivity contribution >= 4 is 11.6 Å². The van der Waals surface area contributed by atoms with Gasteiger partial charge < -0.3 is 14.8 Å². The van der Waals surface area contributed by atoms with Gasteiger partial charge in [-0.25, -0.2) is 0 Å². The van der Waals surface area contributed by atoms with Crippen molar-refractivity contribution in [2.45, 2.75) is 0 Å². The van der Waals surface area contributed by atoms with Gasteiger partial charge in [0.2, 0.25) is 0 Å². The lowest BCUT2D eigenvalue weighted by Gasteiger charge is -2.12. The van der Waals surface area contributed by atoms with Crippen LogP contribution < -0.4 is 14.8 Å². The van der Waals surface area contributed by atoms with Crippen molar-refractivity contribution in [3.05, 3.63) is 78.4 Å². The van der Waals surface area contributed by atoms with Crippen molar-refractivity contribution in [3.8, 4) is 22.6 Å². The maximum Gasteiger partial charge on any atom is 0.255 e. The normalized spacial score (nSPS) is 10.2. The number of benzene rings is 3. The maximum atomic E-state index is 12.3. The summed E-state index contributed by atoms with van der Waals surface area (Å²) < 4.78 is 10.7. The van der Waals surface area contributed by atoms with Crippen molar-refractivity contribution in [1.82, 2.24) is 0 Å². The van der Waals surface area contributed by atoms with Gasteiger partial charge in [0, 0.05) is 16.8 Å². The topological polar surface area (TPSA) is 47.6 Å². The summed E-state index contributed by atoms with van der Waals surface area (Å²) in [7, 11) is 3.26. The number of carbonyl (C=O) groups excluding carboxylic acids is 1. The minimum atomic E-state index is -0.143. The summed E-state index contributed by atoms with van der Waals surface area (Å²) in [6.07, 6.45) is 0. The van der Waals surface area contributed by atoms with Gasteiger partial charge in [0.15, 0.2) is 0 Å². The number of hydrogen-bond acceptors (Lipinski definition) is 3. The smallest absolute Gasteiger partial charge is 0.255 e. The van der Waals surface area contributed by atoms with E-state index in [1.807, 2.05) is 60.7 Å². The van der Waals surface area contributed by atoms with Gasteiger partial charge in [0.1, 0.15) is 11.5 Å². The van der Waals surface area contributed by atoms with E-state index in [0.717, 1.165) is 28.3 Å². The molecule has 0 unspecified atom stereocenters. The summed E-state index contributed by atoms with van der Waals surface area (Å²) in [5.74, 6) is 1.34. The molecule has 0 saturated carbocycles. The van der Waals surface area contributed by atoms with E-state index in [2.05, 4.69) is 5.32 Å². The van der Waals surface area contributed by atoms with Crippen molar-refractivity contribution in [3.63, 3.8) is 0 Å². The van der Waals surface area contributed by atoms with Crippen LogP contribution in [0.4, 0.5) is 5.69 Å². The zero-order chi connectivity index (χ0) is 17.6. The van der Waals surface area contributed by atoms with E-state index in [9.17, 15) is 4.79 Å². The van der Waals surface area contributed by atoms with Gasteiger partial charge in [0.25, 0.3) is 5.91 Å². The first-order valence-electron chi connectivity index (χ1n) is 7.90. The number of anilines is 1. The molecule has 0 aliphatic carbocycles. The Bertz CT molecular complexity index is 875. The summed E-state index contributed by atoms with van der Waals surface area (Å²) in [5, 5.41) is 2.92. The molecule has 1 amide bonds. The van der Waals surface area contributed by atoms with Crippen molar-refractivity contribution < 1.29 is 14.3 Å². The Kier molecular flexibility index (Phi) is 5.00. The van der Waals surface area contributed by atoms with Gasteiger partial charge in [-0.3, -0.25) is 4.79 Å². The predicted octanol–water partition coefficient (Wildman–Crippen LogP) is 4.62. The number of rotatable bonds is 5. The molecule has 3 aromatic rings. The molecule has 0 radical (unpaired) electrons. The fourth-order valence-corrected chi connectivity index (χ4v) is 2.60. The van der Waals surface area contributed by atoms with Gasteiger partial charge in [0.05, 0.1) is 14.2 Å². The Labute approximate surface area is 147 Å². The van der Waals surface area contributed by atoms with Crippen LogP contribution in [0, 0.1) is 0 Å². The Balaban J connectivity index is 1.91. The van der Waals surface area contributed by atoms with Crippen LogP contribution in [-0.2, 0) is 0 Å². The van der Waals surface area contributed by atoms with Crippen LogP contribution in [0.5, 0.6) is 11.5 Å². The van der Waals surface area contributed by atoms with Gasteiger partial charge >= 0.3 is 0 Å². The minimum Gasteiger partial charge on any atom is -0.497 e. The first kappa shape index (κ1) is 16.6. The minimum absolute atomic E-state index is 0.143. The number of amides is 1. The lowest BCUT2D eigenvalue weighted by Crippen LogP contribution is -2.11. The van der Waals surface area contributed by atoms with E-state index in [-0.39, 0.29) is 5.91 Å². The largest absolute Gasteiger partial charge is 0.497 e. The summed E-state index contributed by atoms with van der Waals surface area (Å²) in [5.41, 5.74) is 3.17. The summed E-state index contributed by atoms with van der Waals surface area (Å²) in [6.45, 7) is 0. The van der Waals surface area contributed by atoms with Crippen molar-refractivity contribution in [2.75, 3.05) is 19.5 Å². The molecule has 0 fully saturated rings. The molecule has 3 aromatic carbocycles. The molecule has 0 aliphatic rings. The Morgan fingerprint density at radius 1 is 0.840 bits per heavy atom. The molecule has 0 spiro atoms. The second-order valence-corrected chi connectivity index (χ2v) is 5.47. The molecule has 4 nitrogen and oxygen atoms in total. The van der Waals surface area contributed by atoms with E-state index in [1.165, 1.54) is 0 Å². The summed E-state index contributed by atoms with van der Waals surface area (Å²) in [6, 6.07) is 22.4. The first-order chi connectivity index (χ1) is 12.2. The molecule has 25 heavy (non-hydrogen) atoms. The second kappa shape index (κ2) is 7.53. The average molecular weight is 333 g/mol. The molecule has 4 heteroatoms. The van der Waals surface area contributed by atoms with Crippen LogP contribution in [0.3, 0.4) is 0 Å². The van der Waals surface area contributed by atoms with E-state index in [4.69, 9.17) is 9.47 Å². The van der Waals surface area contributed by atoms with Gasteiger partial charge in [-0.2, -0.15) is 0 Å². The number of ether oxygens (including phenoxy) is 2. The SMILES string of the molecule is COc1ccc(OC)c(-c2cccc(NC(=O)c3ccccc3)c2)c1. The van der Waals surface area contributed by atoms with Crippen LogP contribution in [-0.4, -0.2) is 20.1 Å². The van der Waals surface area contributed by atoms with Gasteiger partial charge in [-0.15, -0.1) is 0 Å². The molecule has 126 valence electrons. The van der Waals surface area contributed by atoms with E-state index >= 15 is 0 Å². The fraction of sp³-hybridized carbons (Fsp3) is 0.0952. The molecule has 0 saturated heterocycles. The molecule has 3 rings (SSSR count). The fourth-order valence-electron chi connectivity index (χ4n) is 2.60. The zero-order valence-corrected chi connectivity index (χ0v) is 14.2. The molecule has 0 heterocycles. The average Bonchev–Trinajstić information content (AvgIpc) is 2.68. The Morgan fingerprint density at radius 2 is 1.64 bits per heavy atom. The zero-order valence-electron chi connectivity index (χ0n) is 14.2. The maximum absolute atomic E-state index is 12.3. The van der Waals surface area contributed by atoms with E-state index < -0.39 is 0 Å². The van der Waals surface area contributed by atoms with Crippen molar-refractivity contribution in [1.29, 1.82) is 0 Å². The molecule has 0 atom stereocenters. The van der Waals surface area contributed by atoms with Gasteiger partial charge in [-0.05, 0) is 48.0 Å². The van der Waals surface area contributed by atoms with Crippen molar-refractivity contribution in [2.24, 2.45) is 0 Å². The molecular formula is C21H19NO3. The van der Waals surface area contributed by atoms with E-state index in [1.54, 1.807) is 26.4 Å². The van der Waals surface area contributed by atoms with Crippen LogP contribution >= 0.6 is 0 Å². The number of hydrogen-bond donors (Lipinski definition) is 1. The lowest BCUT2D eigenvalue weighted by molar-refractivity contribution is 0.102. The Hall–Kier alpha value is -3.27. The molecule has 1 N–H and O–H groups in total. The highest BCUT2D eigenvalue weighted by molar-refractivity contribution is 6.04. The highest BCUT2D eigenvalue weighted by Crippen LogP contribution is 2.34. The third-order valence-corrected chi connectivity index (χ3v) is 3.87. The summed E-state index contributed by atoms with van der Waals surface area (Å²) in [4.78, 5) is 12.3. The van der Waals surface area contributed by atoms with Crippen LogP contribution in [0.2, 0.25) is 0 Å². The van der Waals surface area contributed by atoms with Crippen LogP contribution in [0.25, 0.3) is 11.1 Å². The van der Waals surface area contributed by atoms with Gasteiger partial charge in [-0.1, -0.05) is 30.3 Å². The molecular weight excluding hydrogens is 314 g/mol. The highest BCUT2D eigenvalue weighted by atomic mass is 16.5.